The van der Waals surface area contributed by atoms with Gasteiger partial charge in [-0.25, -0.2) is 0 Å². The third-order valence-electron chi connectivity index (χ3n) is 7.05. The van der Waals surface area contributed by atoms with Crippen molar-refractivity contribution in [1.82, 2.24) is 9.80 Å². The quantitative estimate of drug-likeness (QED) is 0.745. The second-order valence-corrected chi connectivity index (χ2v) is 8.87. The summed E-state index contributed by atoms with van der Waals surface area (Å²) in [7, 11) is 0. The molecule has 3 amide bonds. The van der Waals surface area contributed by atoms with Gasteiger partial charge in [0.05, 0.1) is 11.3 Å². The van der Waals surface area contributed by atoms with Gasteiger partial charge in [0.15, 0.2) is 0 Å². The Kier molecular flexibility index (Phi) is 5.12. The highest BCUT2D eigenvalue weighted by Gasteiger charge is 2.52. The molecule has 0 N–H and O–H groups in total. The third-order valence-corrected chi connectivity index (χ3v) is 7.05. The number of para-hydroxylation sites is 2. The molecule has 7 nitrogen and oxygen atoms in total. The van der Waals surface area contributed by atoms with Gasteiger partial charge in [-0.1, -0.05) is 30.3 Å². The van der Waals surface area contributed by atoms with E-state index in [2.05, 4.69) is 17.0 Å². The summed E-state index contributed by atoms with van der Waals surface area (Å²) in [6.07, 6.45) is 1.25. The minimum atomic E-state index is -0.713. The van der Waals surface area contributed by atoms with Crippen molar-refractivity contribution in [3.63, 3.8) is 0 Å². The largest absolute Gasteiger partial charge is 0.368 e. The summed E-state index contributed by atoms with van der Waals surface area (Å²) in [5.41, 5.74) is 1.68. The first-order valence-electron chi connectivity index (χ1n) is 11.3. The number of amides is 3. The Morgan fingerprint density at radius 3 is 2.38 bits per heavy atom. The predicted octanol–water partition coefficient (Wildman–Crippen LogP) is 2.72. The number of carbonyl (C=O) groups is 3. The lowest BCUT2D eigenvalue weighted by molar-refractivity contribution is -0.131. The lowest BCUT2D eigenvalue weighted by Gasteiger charge is -2.48. The lowest BCUT2D eigenvalue weighted by atomic mass is 9.98. The van der Waals surface area contributed by atoms with Crippen molar-refractivity contribution in [1.29, 1.82) is 0 Å². The number of carbonyl (C=O) groups excluding carboxylic acids is 3. The Hall–Kier alpha value is -3.35. The first-order valence-corrected chi connectivity index (χ1v) is 11.3. The second kappa shape index (κ2) is 7.97. The molecule has 3 heterocycles. The van der Waals surface area contributed by atoms with Crippen LogP contribution in [-0.2, 0) is 9.59 Å². The summed E-state index contributed by atoms with van der Waals surface area (Å²) in [5.74, 6) is -0.0135. The number of nitrogens with zero attached hydrogens (tertiary/aromatic N) is 4. The zero-order valence-corrected chi connectivity index (χ0v) is 18.4. The van der Waals surface area contributed by atoms with Crippen LogP contribution < -0.4 is 9.80 Å². The molecular weight excluding hydrogens is 404 g/mol. The molecule has 0 spiro atoms. The van der Waals surface area contributed by atoms with Gasteiger partial charge in [-0.05, 0) is 37.6 Å². The van der Waals surface area contributed by atoms with E-state index in [1.165, 1.54) is 5.69 Å². The summed E-state index contributed by atoms with van der Waals surface area (Å²) in [6, 6.07) is 17.5. The Labute approximate surface area is 188 Å². The normalized spacial score (nSPS) is 22.8. The number of anilines is 2. The number of hydrogen-bond acceptors (Lipinski definition) is 4. The van der Waals surface area contributed by atoms with Gasteiger partial charge in [-0.3, -0.25) is 19.3 Å². The van der Waals surface area contributed by atoms with Gasteiger partial charge in [0.2, 0.25) is 11.8 Å². The SMILES string of the molecule is CC12CCC(=O)N1c1ccccc1C(=O)N2CCC(=O)N1CCN(c2ccccc2)CC1. The first kappa shape index (κ1) is 20.5. The van der Waals surface area contributed by atoms with Crippen molar-refractivity contribution in [2.45, 2.75) is 31.8 Å². The van der Waals surface area contributed by atoms with E-state index in [0.29, 0.717) is 43.7 Å². The van der Waals surface area contributed by atoms with Crippen LogP contribution in [0.5, 0.6) is 0 Å². The van der Waals surface area contributed by atoms with Gasteiger partial charge < -0.3 is 14.7 Å². The molecule has 0 saturated carbocycles. The van der Waals surface area contributed by atoms with Crippen LogP contribution in [0.3, 0.4) is 0 Å². The number of piperazine rings is 1. The van der Waals surface area contributed by atoms with Crippen molar-refractivity contribution in [3.05, 3.63) is 60.2 Å². The van der Waals surface area contributed by atoms with Gasteiger partial charge in [-0.15, -0.1) is 0 Å². The summed E-state index contributed by atoms with van der Waals surface area (Å²) in [4.78, 5) is 46.6. The first-order chi connectivity index (χ1) is 15.5. The summed E-state index contributed by atoms with van der Waals surface area (Å²) < 4.78 is 0. The standard InChI is InChI=1S/C25H28N4O3/c1-25-13-11-23(31)29(25)21-10-6-5-9-20(21)24(32)28(25)14-12-22(30)27-17-15-26(16-18-27)19-7-3-2-4-8-19/h2-10H,11-18H2,1H3. The molecule has 7 heteroatoms. The maximum absolute atomic E-state index is 13.3. The fourth-order valence-electron chi connectivity index (χ4n) is 5.26. The fourth-order valence-corrected chi connectivity index (χ4v) is 5.26. The van der Waals surface area contributed by atoms with Gasteiger partial charge in [-0.2, -0.15) is 0 Å². The highest BCUT2D eigenvalue weighted by Crippen LogP contribution is 2.44. The Bertz CT molecular complexity index is 1050. The summed E-state index contributed by atoms with van der Waals surface area (Å²) in [6.45, 7) is 5.19. The predicted molar refractivity (Wildman–Crippen MR) is 122 cm³/mol. The molecule has 0 aliphatic carbocycles. The van der Waals surface area contributed by atoms with Crippen LogP contribution in [-0.4, -0.2) is 65.9 Å². The molecule has 3 aliphatic rings. The van der Waals surface area contributed by atoms with Gasteiger partial charge in [0.1, 0.15) is 5.66 Å². The van der Waals surface area contributed by atoms with Crippen molar-refractivity contribution >= 4 is 29.1 Å². The van der Waals surface area contributed by atoms with Gasteiger partial charge in [0, 0.05) is 51.3 Å². The number of rotatable bonds is 4. The van der Waals surface area contributed by atoms with E-state index in [4.69, 9.17) is 0 Å². The average Bonchev–Trinajstić information content (AvgIpc) is 3.14. The molecule has 0 radical (unpaired) electrons. The molecule has 0 aromatic heterocycles. The molecule has 2 aromatic rings. The van der Waals surface area contributed by atoms with Crippen LogP contribution in [0.2, 0.25) is 0 Å². The van der Waals surface area contributed by atoms with Crippen LogP contribution in [0, 0.1) is 0 Å². The van der Waals surface area contributed by atoms with Crippen molar-refractivity contribution in [2.24, 2.45) is 0 Å². The molecule has 166 valence electrons. The molecule has 1 unspecified atom stereocenters. The third kappa shape index (κ3) is 3.32. The number of benzene rings is 2. The van der Waals surface area contributed by atoms with Crippen LogP contribution in [0.15, 0.2) is 54.6 Å². The molecule has 2 aromatic carbocycles. The topological polar surface area (TPSA) is 64.2 Å². The maximum Gasteiger partial charge on any atom is 0.257 e. The smallest absolute Gasteiger partial charge is 0.257 e. The molecule has 2 saturated heterocycles. The minimum Gasteiger partial charge on any atom is -0.368 e. The van der Waals surface area contributed by atoms with E-state index < -0.39 is 5.66 Å². The maximum atomic E-state index is 13.3. The van der Waals surface area contributed by atoms with Crippen LogP contribution >= 0.6 is 0 Å². The number of hydrogen-bond donors (Lipinski definition) is 0. The van der Waals surface area contributed by atoms with E-state index >= 15 is 0 Å². The minimum absolute atomic E-state index is 0.0285. The zero-order valence-electron chi connectivity index (χ0n) is 18.4. The van der Waals surface area contributed by atoms with E-state index in [-0.39, 0.29) is 24.1 Å². The van der Waals surface area contributed by atoms with Crippen molar-refractivity contribution in [2.75, 3.05) is 42.5 Å². The van der Waals surface area contributed by atoms with E-state index in [0.717, 1.165) is 13.1 Å². The molecule has 5 rings (SSSR count). The Morgan fingerprint density at radius 2 is 1.62 bits per heavy atom. The van der Waals surface area contributed by atoms with Crippen molar-refractivity contribution < 1.29 is 14.4 Å². The van der Waals surface area contributed by atoms with Gasteiger partial charge in [0.25, 0.3) is 5.91 Å². The van der Waals surface area contributed by atoms with Crippen LogP contribution in [0.1, 0.15) is 36.5 Å². The second-order valence-electron chi connectivity index (χ2n) is 8.87. The summed E-state index contributed by atoms with van der Waals surface area (Å²) >= 11 is 0. The zero-order chi connectivity index (χ0) is 22.3. The highest BCUT2D eigenvalue weighted by atomic mass is 16.2. The molecule has 3 aliphatic heterocycles. The molecule has 1 atom stereocenters. The Morgan fingerprint density at radius 1 is 0.938 bits per heavy atom. The highest BCUT2D eigenvalue weighted by molar-refractivity contribution is 6.10. The average molecular weight is 433 g/mol. The molecular formula is C25H28N4O3. The number of fused-ring (bicyclic) bond motifs is 3. The molecule has 2 fully saturated rings. The molecule has 0 bridgehead atoms. The Balaban J connectivity index is 1.26. The molecule has 32 heavy (non-hydrogen) atoms. The van der Waals surface area contributed by atoms with E-state index in [9.17, 15) is 14.4 Å². The van der Waals surface area contributed by atoms with Gasteiger partial charge >= 0.3 is 0 Å². The van der Waals surface area contributed by atoms with Crippen LogP contribution in [0.25, 0.3) is 0 Å². The van der Waals surface area contributed by atoms with E-state index in [1.807, 2.05) is 48.2 Å². The van der Waals surface area contributed by atoms with E-state index in [1.54, 1.807) is 15.9 Å². The summed E-state index contributed by atoms with van der Waals surface area (Å²) in [5, 5.41) is 0. The lowest BCUT2D eigenvalue weighted by Crippen LogP contribution is -2.62. The van der Waals surface area contributed by atoms with Crippen LogP contribution in [0.4, 0.5) is 11.4 Å². The monoisotopic (exact) mass is 432 g/mol. The van der Waals surface area contributed by atoms with Crippen molar-refractivity contribution in [3.8, 4) is 0 Å². The fraction of sp³-hybridized carbons (Fsp3) is 0.400.